The van der Waals surface area contributed by atoms with E-state index < -0.39 is 0 Å². The molecule has 1 aromatic carbocycles. The van der Waals surface area contributed by atoms with Gasteiger partial charge in [0.05, 0.1) is 4.34 Å². The van der Waals surface area contributed by atoms with Crippen LogP contribution < -0.4 is 5.32 Å². The summed E-state index contributed by atoms with van der Waals surface area (Å²) in [6, 6.07) is 9.29. The Balaban J connectivity index is 1.56. The molecule has 3 rings (SSSR count). The molecule has 4 heteroatoms. The van der Waals surface area contributed by atoms with Gasteiger partial charge >= 0.3 is 0 Å². The molecule has 1 aliphatic carbocycles. The summed E-state index contributed by atoms with van der Waals surface area (Å²) in [6.45, 7) is 0.862. The van der Waals surface area contributed by atoms with Crippen LogP contribution in [0, 0.1) is 5.82 Å². The third kappa shape index (κ3) is 2.99. The molecule has 0 fully saturated rings. The minimum absolute atomic E-state index is 0.162. The summed E-state index contributed by atoms with van der Waals surface area (Å²) >= 11 is 7.73. The summed E-state index contributed by atoms with van der Waals surface area (Å²) in [5.41, 5.74) is 2.39. The van der Waals surface area contributed by atoms with Gasteiger partial charge in [-0.15, -0.1) is 11.3 Å². The molecule has 2 aromatic rings. The Hall–Kier alpha value is -0.900. The molecule has 100 valence electrons. The standard InChI is InChI=1S/C15H15ClFNS/c16-15-9-12-13(4-5-14(12)19-15)18-7-6-10-2-1-3-11(17)8-10/h1-3,8-9,13,18H,4-7H2. The zero-order valence-corrected chi connectivity index (χ0v) is 12.0. The van der Waals surface area contributed by atoms with Crippen LogP contribution in [-0.2, 0) is 12.8 Å². The SMILES string of the molecule is Fc1cccc(CCNC2CCc3sc(Cl)cc32)c1. The van der Waals surface area contributed by atoms with Crippen molar-refractivity contribution in [3.8, 4) is 0 Å². The van der Waals surface area contributed by atoms with E-state index in [2.05, 4.69) is 11.4 Å². The Labute approximate surface area is 121 Å². The topological polar surface area (TPSA) is 12.0 Å². The lowest BCUT2D eigenvalue weighted by Gasteiger charge is -2.12. The number of benzene rings is 1. The highest BCUT2D eigenvalue weighted by Crippen LogP contribution is 2.39. The summed E-state index contributed by atoms with van der Waals surface area (Å²) in [4.78, 5) is 1.41. The van der Waals surface area contributed by atoms with Gasteiger partial charge in [-0.3, -0.25) is 0 Å². The van der Waals surface area contributed by atoms with Crippen molar-refractivity contribution in [2.45, 2.75) is 25.3 Å². The van der Waals surface area contributed by atoms with Crippen molar-refractivity contribution >= 4 is 22.9 Å². The number of halogens is 2. The van der Waals surface area contributed by atoms with Gasteiger partial charge in [-0.25, -0.2) is 4.39 Å². The molecule has 0 bridgehead atoms. The van der Waals surface area contributed by atoms with E-state index in [1.807, 2.05) is 6.07 Å². The van der Waals surface area contributed by atoms with Crippen LogP contribution in [0.25, 0.3) is 0 Å². The van der Waals surface area contributed by atoms with E-state index in [1.165, 1.54) is 16.5 Å². The van der Waals surface area contributed by atoms with Crippen LogP contribution >= 0.6 is 22.9 Å². The maximum Gasteiger partial charge on any atom is 0.123 e. The molecule has 0 saturated carbocycles. The molecule has 1 atom stereocenters. The van der Waals surface area contributed by atoms with Crippen molar-refractivity contribution in [1.29, 1.82) is 0 Å². The van der Waals surface area contributed by atoms with Crippen LogP contribution in [0.15, 0.2) is 30.3 Å². The average molecular weight is 296 g/mol. The lowest BCUT2D eigenvalue weighted by atomic mass is 10.1. The van der Waals surface area contributed by atoms with Gasteiger partial charge in [0.2, 0.25) is 0 Å². The molecule has 0 radical (unpaired) electrons. The predicted molar refractivity (Wildman–Crippen MR) is 78.5 cm³/mol. The third-order valence-corrected chi connectivity index (χ3v) is 4.88. The van der Waals surface area contributed by atoms with Crippen molar-refractivity contribution in [2.24, 2.45) is 0 Å². The second-order valence-electron chi connectivity index (χ2n) is 4.85. The minimum atomic E-state index is -0.162. The molecule has 0 spiro atoms. The molecule has 1 nitrogen and oxygen atoms in total. The fourth-order valence-corrected chi connectivity index (χ4v) is 3.98. The van der Waals surface area contributed by atoms with E-state index in [0.29, 0.717) is 6.04 Å². The van der Waals surface area contributed by atoms with Crippen LogP contribution in [0.5, 0.6) is 0 Å². The number of rotatable bonds is 4. The largest absolute Gasteiger partial charge is 0.310 e. The van der Waals surface area contributed by atoms with Gasteiger partial charge in [0.1, 0.15) is 5.82 Å². The lowest BCUT2D eigenvalue weighted by Crippen LogP contribution is -2.21. The maximum absolute atomic E-state index is 13.1. The van der Waals surface area contributed by atoms with Crippen LogP contribution in [0.3, 0.4) is 0 Å². The number of thiophene rings is 1. The van der Waals surface area contributed by atoms with E-state index in [-0.39, 0.29) is 5.82 Å². The molecule has 0 aliphatic heterocycles. The van der Waals surface area contributed by atoms with E-state index in [4.69, 9.17) is 11.6 Å². The first-order valence-electron chi connectivity index (χ1n) is 6.48. The Morgan fingerprint density at radius 3 is 3.11 bits per heavy atom. The fraction of sp³-hybridized carbons (Fsp3) is 0.333. The normalized spacial score (nSPS) is 17.7. The quantitative estimate of drug-likeness (QED) is 0.884. The summed E-state index contributed by atoms with van der Waals surface area (Å²) in [6.07, 6.45) is 3.10. The van der Waals surface area contributed by atoms with Crippen molar-refractivity contribution in [1.82, 2.24) is 5.32 Å². The highest BCUT2D eigenvalue weighted by molar-refractivity contribution is 7.16. The van der Waals surface area contributed by atoms with Gasteiger partial charge in [0.15, 0.2) is 0 Å². The molecule has 1 aromatic heterocycles. The second kappa shape index (κ2) is 5.61. The van der Waals surface area contributed by atoms with Crippen molar-refractivity contribution in [2.75, 3.05) is 6.54 Å². The monoisotopic (exact) mass is 295 g/mol. The van der Waals surface area contributed by atoms with E-state index in [9.17, 15) is 4.39 Å². The molecule has 1 aliphatic rings. The Morgan fingerprint density at radius 1 is 1.37 bits per heavy atom. The van der Waals surface area contributed by atoms with Crippen LogP contribution in [-0.4, -0.2) is 6.54 Å². The highest BCUT2D eigenvalue weighted by atomic mass is 35.5. The maximum atomic E-state index is 13.1. The van der Waals surface area contributed by atoms with Crippen molar-refractivity contribution in [3.63, 3.8) is 0 Å². The first-order valence-corrected chi connectivity index (χ1v) is 7.68. The van der Waals surface area contributed by atoms with Crippen molar-refractivity contribution in [3.05, 3.63) is 56.5 Å². The summed E-state index contributed by atoms with van der Waals surface area (Å²) in [7, 11) is 0. The number of hydrogen-bond donors (Lipinski definition) is 1. The molecule has 1 N–H and O–H groups in total. The smallest absolute Gasteiger partial charge is 0.123 e. The second-order valence-corrected chi connectivity index (χ2v) is 6.62. The Bertz CT molecular complexity index is 581. The third-order valence-electron chi connectivity index (χ3n) is 3.54. The zero-order valence-electron chi connectivity index (χ0n) is 10.5. The number of aryl methyl sites for hydroxylation is 1. The van der Waals surface area contributed by atoms with E-state index >= 15 is 0 Å². The molecule has 0 saturated heterocycles. The van der Waals surface area contributed by atoms with Gasteiger partial charge in [0.25, 0.3) is 0 Å². The number of nitrogens with one attached hydrogen (secondary N) is 1. The molecule has 1 unspecified atom stereocenters. The highest BCUT2D eigenvalue weighted by Gasteiger charge is 2.24. The zero-order chi connectivity index (χ0) is 13.2. The van der Waals surface area contributed by atoms with Crippen LogP contribution in [0.4, 0.5) is 4.39 Å². The predicted octanol–water partition coefficient (Wildman–Crippen LogP) is 4.36. The van der Waals surface area contributed by atoms with Gasteiger partial charge < -0.3 is 5.32 Å². The van der Waals surface area contributed by atoms with Gasteiger partial charge in [-0.05, 0) is 55.1 Å². The van der Waals surface area contributed by atoms with Crippen molar-refractivity contribution < 1.29 is 4.39 Å². The number of hydrogen-bond acceptors (Lipinski definition) is 2. The number of fused-ring (bicyclic) bond motifs is 1. The van der Waals surface area contributed by atoms with E-state index in [0.717, 1.165) is 35.7 Å². The van der Waals surface area contributed by atoms with Gasteiger partial charge in [-0.1, -0.05) is 23.7 Å². The van der Waals surface area contributed by atoms with E-state index in [1.54, 1.807) is 23.5 Å². The summed E-state index contributed by atoms with van der Waals surface area (Å²) < 4.78 is 13.9. The lowest BCUT2D eigenvalue weighted by molar-refractivity contribution is 0.533. The van der Waals surface area contributed by atoms with Crippen LogP contribution in [0.1, 0.15) is 28.5 Å². The molecule has 1 heterocycles. The molecule has 0 amide bonds. The first-order chi connectivity index (χ1) is 9.22. The Kier molecular flexibility index (Phi) is 3.87. The minimum Gasteiger partial charge on any atom is -0.310 e. The molecular weight excluding hydrogens is 281 g/mol. The Morgan fingerprint density at radius 2 is 2.26 bits per heavy atom. The van der Waals surface area contributed by atoms with Crippen LogP contribution in [0.2, 0.25) is 4.34 Å². The average Bonchev–Trinajstić information content (AvgIpc) is 2.90. The first kappa shape index (κ1) is 13.1. The van der Waals surface area contributed by atoms with Gasteiger partial charge in [0, 0.05) is 10.9 Å². The summed E-state index contributed by atoms with van der Waals surface area (Å²) in [5, 5.41) is 3.54. The molecular formula is C15H15ClFNS. The fourth-order valence-electron chi connectivity index (χ4n) is 2.63. The van der Waals surface area contributed by atoms with Gasteiger partial charge in [-0.2, -0.15) is 0 Å². The summed E-state index contributed by atoms with van der Waals surface area (Å²) in [5.74, 6) is -0.162. The molecule has 19 heavy (non-hydrogen) atoms.